The first-order valence-electron chi connectivity index (χ1n) is 4.63. The molecule has 15 heavy (non-hydrogen) atoms. The quantitative estimate of drug-likeness (QED) is 0.674. The van der Waals surface area contributed by atoms with Gasteiger partial charge in [0.05, 0.1) is 5.69 Å². The molecule has 0 saturated carbocycles. The number of fused-ring (bicyclic) bond motifs is 3. The van der Waals surface area contributed by atoms with Crippen molar-refractivity contribution in [3.63, 3.8) is 0 Å². The van der Waals surface area contributed by atoms with Crippen molar-refractivity contribution >= 4 is 17.2 Å². The third-order valence-electron chi connectivity index (χ3n) is 2.53. The SMILES string of the molecule is NC(=O)c1nc2c(s1)Cc1ccccc1-2. The Morgan fingerprint density at radius 2 is 2.20 bits per heavy atom. The Balaban J connectivity index is 2.19. The summed E-state index contributed by atoms with van der Waals surface area (Å²) in [6, 6.07) is 8.13. The van der Waals surface area contributed by atoms with Gasteiger partial charge in [0.25, 0.3) is 5.91 Å². The van der Waals surface area contributed by atoms with Gasteiger partial charge in [-0.1, -0.05) is 24.3 Å². The maximum absolute atomic E-state index is 11.0. The van der Waals surface area contributed by atoms with Crippen molar-refractivity contribution in [2.75, 3.05) is 0 Å². The molecule has 0 spiro atoms. The molecule has 1 aromatic carbocycles. The van der Waals surface area contributed by atoms with Crippen LogP contribution in [-0.2, 0) is 6.42 Å². The monoisotopic (exact) mass is 216 g/mol. The number of carbonyl (C=O) groups is 1. The van der Waals surface area contributed by atoms with E-state index in [1.807, 2.05) is 18.2 Å². The Morgan fingerprint density at radius 1 is 1.40 bits per heavy atom. The van der Waals surface area contributed by atoms with Crippen LogP contribution in [0.5, 0.6) is 0 Å². The number of hydrogen-bond acceptors (Lipinski definition) is 3. The summed E-state index contributed by atoms with van der Waals surface area (Å²) < 4.78 is 0. The zero-order valence-electron chi connectivity index (χ0n) is 7.86. The van der Waals surface area contributed by atoms with E-state index >= 15 is 0 Å². The highest BCUT2D eigenvalue weighted by Crippen LogP contribution is 2.38. The van der Waals surface area contributed by atoms with E-state index in [1.54, 1.807) is 0 Å². The number of nitrogens with zero attached hydrogens (tertiary/aromatic N) is 1. The minimum absolute atomic E-state index is 0.412. The lowest BCUT2D eigenvalue weighted by Gasteiger charge is -1.96. The predicted octanol–water partition coefficient (Wildman–Crippen LogP) is 1.81. The Kier molecular flexibility index (Phi) is 1.67. The first-order valence-corrected chi connectivity index (χ1v) is 5.45. The zero-order chi connectivity index (χ0) is 10.4. The fourth-order valence-electron chi connectivity index (χ4n) is 1.87. The van der Waals surface area contributed by atoms with Crippen LogP contribution in [0.2, 0.25) is 0 Å². The molecule has 1 heterocycles. The van der Waals surface area contributed by atoms with Gasteiger partial charge in [0, 0.05) is 16.9 Å². The van der Waals surface area contributed by atoms with Crippen LogP contribution in [0.1, 0.15) is 20.2 Å². The summed E-state index contributed by atoms with van der Waals surface area (Å²) in [4.78, 5) is 16.4. The average Bonchev–Trinajstić information content (AvgIpc) is 2.73. The largest absolute Gasteiger partial charge is 0.364 e. The van der Waals surface area contributed by atoms with Crippen LogP contribution in [0.15, 0.2) is 24.3 Å². The number of aromatic nitrogens is 1. The van der Waals surface area contributed by atoms with Gasteiger partial charge in [-0.25, -0.2) is 4.98 Å². The van der Waals surface area contributed by atoms with Crippen molar-refractivity contribution in [2.24, 2.45) is 5.73 Å². The minimum atomic E-state index is -0.438. The topological polar surface area (TPSA) is 56.0 Å². The van der Waals surface area contributed by atoms with Crippen molar-refractivity contribution < 1.29 is 4.79 Å². The van der Waals surface area contributed by atoms with E-state index in [0.717, 1.165) is 22.6 Å². The van der Waals surface area contributed by atoms with Crippen molar-refractivity contribution in [3.05, 3.63) is 39.7 Å². The van der Waals surface area contributed by atoms with Crippen molar-refractivity contribution in [3.8, 4) is 11.3 Å². The maximum Gasteiger partial charge on any atom is 0.277 e. The molecule has 4 heteroatoms. The molecule has 1 amide bonds. The van der Waals surface area contributed by atoms with Crippen LogP contribution in [0.25, 0.3) is 11.3 Å². The third-order valence-corrected chi connectivity index (χ3v) is 3.60. The van der Waals surface area contributed by atoms with Gasteiger partial charge < -0.3 is 5.73 Å². The molecule has 0 aliphatic heterocycles. The summed E-state index contributed by atoms with van der Waals surface area (Å²) in [5.41, 5.74) is 8.55. The van der Waals surface area contributed by atoms with Gasteiger partial charge in [-0.3, -0.25) is 4.79 Å². The lowest BCUT2D eigenvalue weighted by Crippen LogP contribution is -2.10. The Hall–Kier alpha value is -1.68. The maximum atomic E-state index is 11.0. The van der Waals surface area contributed by atoms with E-state index in [4.69, 9.17) is 5.73 Å². The van der Waals surface area contributed by atoms with Gasteiger partial charge in [-0.15, -0.1) is 11.3 Å². The second-order valence-corrected chi connectivity index (χ2v) is 4.57. The number of primary amides is 1. The fraction of sp³-hybridized carbons (Fsp3) is 0.0909. The number of carbonyl (C=O) groups excluding carboxylic acids is 1. The van der Waals surface area contributed by atoms with Gasteiger partial charge in [0.1, 0.15) is 0 Å². The molecule has 0 saturated heterocycles. The van der Waals surface area contributed by atoms with E-state index in [1.165, 1.54) is 16.9 Å². The molecule has 0 bridgehead atoms. The van der Waals surface area contributed by atoms with Crippen LogP contribution in [0, 0.1) is 0 Å². The van der Waals surface area contributed by atoms with E-state index in [0.29, 0.717) is 5.01 Å². The zero-order valence-corrected chi connectivity index (χ0v) is 8.67. The van der Waals surface area contributed by atoms with Crippen molar-refractivity contribution in [1.29, 1.82) is 0 Å². The van der Waals surface area contributed by atoms with Gasteiger partial charge in [-0.05, 0) is 5.56 Å². The second-order valence-electron chi connectivity index (χ2n) is 3.49. The number of hydrogen-bond donors (Lipinski definition) is 1. The second kappa shape index (κ2) is 2.90. The van der Waals surface area contributed by atoms with Gasteiger partial charge in [0.15, 0.2) is 5.01 Å². The van der Waals surface area contributed by atoms with Crippen LogP contribution >= 0.6 is 11.3 Å². The van der Waals surface area contributed by atoms with Crippen LogP contribution in [-0.4, -0.2) is 10.9 Å². The first-order chi connectivity index (χ1) is 7.25. The molecule has 1 aliphatic rings. The van der Waals surface area contributed by atoms with Crippen LogP contribution < -0.4 is 5.73 Å². The van der Waals surface area contributed by atoms with Crippen LogP contribution in [0.4, 0.5) is 0 Å². The Labute approximate surface area is 90.6 Å². The summed E-state index contributed by atoms with van der Waals surface area (Å²) in [6.45, 7) is 0. The Bertz CT molecular complexity index is 559. The molecule has 3 nitrogen and oxygen atoms in total. The van der Waals surface area contributed by atoms with Crippen molar-refractivity contribution in [2.45, 2.75) is 6.42 Å². The molecular weight excluding hydrogens is 208 g/mol. The van der Waals surface area contributed by atoms with E-state index in [-0.39, 0.29) is 0 Å². The van der Waals surface area contributed by atoms with E-state index < -0.39 is 5.91 Å². The highest BCUT2D eigenvalue weighted by atomic mass is 32.1. The molecule has 2 aromatic rings. The summed E-state index contributed by atoms with van der Waals surface area (Å²) in [5.74, 6) is -0.438. The molecule has 74 valence electrons. The summed E-state index contributed by atoms with van der Waals surface area (Å²) in [6.07, 6.45) is 0.871. The standard InChI is InChI=1S/C11H8N2OS/c12-10(14)11-13-9-7-4-2-1-3-6(7)5-8(9)15-11/h1-4H,5H2,(H2,12,14). The number of thiazole rings is 1. The van der Waals surface area contributed by atoms with Crippen LogP contribution in [0.3, 0.4) is 0 Å². The highest BCUT2D eigenvalue weighted by Gasteiger charge is 2.23. The molecular formula is C11H8N2OS. The molecule has 0 unspecified atom stereocenters. The average molecular weight is 216 g/mol. The third kappa shape index (κ3) is 1.18. The predicted molar refractivity (Wildman–Crippen MR) is 58.9 cm³/mol. The lowest BCUT2D eigenvalue weighted by molar-refractivity contribution is 0.1000. The smallest absolute Gasteiger partial charge is 0.277 e. The lowest BCUT2D eigenvalue weighted by atomic mass is 10.1. The van der Waals surface area contributed by atoms with E-state index in [9.17, 15) is 4.79 Å². The van der Waals surface area contributed by atoms with E-state index in [2.05, 4.69) is 11.1 Å². The molecule has 0 atom stereocenters. The van der Waals surface area contributed by atoms with Gasteiger partial charge in [-0.2, -0.15) is 0 Å². The molecule has 1 aromatic heterocycles. The van der Waals surface area contributed by atoms with Gasteiger partial charge in [0.2, 0.25) is 0 Å². The Morgan fingerprint density at radius 3 is 3.00 bits per heavy atom. The number of benzene rings is 1. The molecule has 3 rings (SSSR count). The number of rotatable bonds is 1. The molecule has 1 aliphatic carbocycles. The fourth-order valence-corrected chi connectivity index (χ4v) is 2.82. The highest BCUT2D eigenvalue weighted by molar-refractivity contribution is 7.14. The van der Waals surface area contributed by atoms with Crippen molar-refractivity contribution in [1.82, 2.24) is 4.98 Å². The molecule has 2 N–H and O–H groups in total. The number of amides is 1. The molecule has 0 radical (unpaired) electrons. The summed E-state index contributed by atoms with van der Waals surface area (Å²) in [7, 11) is 0. The summed E-state index contributed by atoms with van der Waals surface area (Å²) >= 11 is 1.40. The number of nitrogens with two attached hydrogens (primary N) is 1. The molecule has 0 fully saturated rings. The first kappa shape index (κ1) is 8.61. The summed E-state index contributed by atoms with van der Waals surface area (Å²) in [5, 5.41) is 0.412. The normalized spacial score (nSPS) is 12.3. The van der Waals surface area contributed by atoms with Gasteiger partial charge >= 0.3 is 0 Å². The minimum Gasteiger partial charge on any atom is -0.364 e.